The smallest absolute Gasteiger partial charge is 0.122 e. The largest absolute Gasteiger partial charge is 0.491 e. The summed E-state index contributed by atoms with van der Waals surface area (Å²) in [5.74, 6) is 0.838. The molecule has 1 unspecified atom stereocenters. The first-order valence-electron chi connectivity index (χ1n) is 3.85. The normalized spacial score (nSPS) is 21.3. The van der Waals surface area contributed by atoms with Gasteiger partial charge in [-0.3, -0.25) is 0 Å². The van der Waals surface area contributed by atoms with Gasteiger partial charge in [-0.1, -0.05) is 11.6 Å². The van der Waals surface area contributed by atoms with Gasteiger partial charge in [-0.2, -0.15) is 0 Å². The zero-order chi connectivity index (χ0) is 8.55. The molecule has 3 heteroatoms. The summed E-state index contributed by atoms with van der Waals surface area (Å²) in [6.45, 7) is 0.384. The van der Waals surface area contributed by atoms with Gasteiger partial charge in [0, 0.05) is 11.4 Å². The molecule has 0 amide bonds. The number of halogens is 1. The Labute approximate surface area is 75.7 Å². The Kier molecular flexibility index (Phi) is 1.95. The highest BCUT2D eigenvalue weighted by Gasteiger charge is 2.17. The first-order valence-corrected chi connectivity index (χ1v) is 4.23. The predicted molar refractivity (Wildman–Crippen MR) is 46.7 cm³/mol. The molecule has 0 radical (unpaired) electrons. The van der Waals surface area contributed by atoms with Crippen molar-refractivity contribution in [1.29, 1.82) is 0 Å². The second kappa shape index (κ2) is 2.96. The second-order valence-corrected chi connectivity index (χ2v) is 3.36. The Morgan fingerprint density at radius 3 is 3.17 bits per heavy atom. The monoisotopic (exact) mass is 184 g/mol. The second-order valence-electron chi connectivity index (χ2n) is 2.92. The van der Waals surface area contributed by atoms with Crippen molar-refractivity contribution < 1.29 is 9.84 Å². The first-order chi connectivity index (χ1) is 5.75. The van der Waals surface area contributed by atoms with E-state index in [0.29, 0.717) is 18.1 Å². The molecule has 64 valence electrons. The lowest BCUT2D eigenvalue weighted by molar-refractivity contribution is 0.0921. The SMILES string of the molecule is OC1COc2ccc(Cl)cc2C1. The number of hydrogen-bond acceptors (Lipinski definition) is 2. The number of rotatable bonds is 0. The van der Waals surface area contributed by atoms with Crippen molar-refractivity contribution in [3.63, 3.8) is 0 Å². The predicted octanol–water partition coefficient (Wildman–Crippen LogP) is 1.64. The van der Waals surface area contributed by atoms with Gasteiger partial charge < -0.3 is 9.84 Å². The van der Waals surface area contributed by atoms with Crippen molar-refractivity contribution >= 4 is 11.6 Å². The Hall–Kier alpha value is -0.730. The zero-order valence-electron chi connectivity index (χ0n) is 6.46. The molecule has 0 saturated carbocycles. The number of fused-ring (bicyclic) bond motifs is 1. The van der Waals surface area contributed by atoms with Gasteiger partial charge in [0.25, 0.3) is 0 Å². The summed E-state index contributed by atoms with van der Waals surface area (Å²) in [4.78, 5) is 0. The van der Waals surface area contributed by atoms with Gasteiger partial charge >= 0.3 is 0 Å². The Morgan fingerprint density at radius 2 is 2.33 bits per heavy atom. The van der Waals surface area contributed by atoms with Gasteiger partial charge in [-0.25, -0.2) is 0 Å². The summed E-state index contributed by atoms with van der Waals surface area (Å²) in [6, 6.07) is 5.46. The molecule has 0 aliphatic carbocycles. The molecule has 1 N–H and O–H groups in total. The Balaban J connectivity index is 2.37. The van der Waals surface area contributed by atoms with Crippen LogP contribution >= 0.6 is 11.6 Å². The topological polar surface area (TPSA) is 29.5 Å². The fourth-order valence-electron chi connectivity index (χ4n) is 1.35. The molecule has 1 aliphatic heterocycles. The number of ether oxygens (including phenoxy) is 1. The molecule has 2 nitrogen and oxygen atoms in total. The van der Waals surface area contributed by atoms with Gasteiger partial charge in [-0.05, 0) is 23.8 Å². The zero-order valence-corrected chi connectivity index (χ0v) is 7.21. The Morgan fingerprint density at radius 1 is 1.50 bits per heavy atom. The standard InChI is InChI=1S/C9H9ClO2/c10-7-1-2-9-6(3-7)4-8(11)5-12-9/h1-3,8,11H,4-5H2. The van der Waals surface area contributed by atoms with E-state index in [1.54, 1.807) is 6.07 Å². The summed E-state index contributed by atoms with van der Waals surface area (Å²) < 4.78 is 5.28. The molecule has 0 spiro atoms. The number of benzene rings is 1. The van der Waals surface area contributed by atoms with Gasteiger partial charge in [0.05, 0.1) is 6.10 Å². The third kappa shape index (κ3) is 1.40. The van der Waals surface area contributed by atoms with Crippen LogP contribution in [0.15, 0.2) is 18.2 Å². The van der Waals surface area contributed by atoms with Crippen LogP contribution in [0.1, 0.15) is 5.56 Å². The maximum atomic E-state index is 9.28. The summed E-state index contributed by atoms with van der Waals surface area (Å²) in [7, 11) is 0. The molecule has 1 aromatic rings. The third-order valence-electron chi connectivity index (χ3n) is 1.91. The van der Waals surface area contributed by atoms with Crippen molar-refractivity contribution in [1.82, 2.24) is 0 Å². The summed E-state index contributed by atoms with van der Waals surface area (Å²) in [5.41, 5.74) is 0.987. The molecule has 0 aromatic heterocycles. The summed E-state index contributed by atoms with van der Waals surface area (Å²) >= 11 is 5.79. The van der Waals surface area contributed by atoms with Crippen molar-refractivity contribution in [2.75, 3.05) is 6.61 Å². The van der Waals surface area contributed by atoms with E-state index in [2.05, 4.69) is 0 Å². The van der Waals surface area contributed by atoms with Crippen LogP contribution in [0.4, 0.5) is 0 Å². The molecule has 1 aromatic carbocycles. The van der Waals surface area contributed by atoms with E-state index < -0.39 is 6.10 Å². The molecule has 1 heterocycles. The van der Waals surface area contributed by atoms with Crippen LogP contribution in [0, 0.1) is 0 Å². The van der Waals surface area contributed by atoms with Crippen molar-refractivity contribution in [2.45, 2.75) is 12.5 Å². The van der Waals surface area contributed by atoms with Gasteiger partial charge in [-0.15, -0.1) is 0 Å². The minimum absolute atomic E-state index is 0.384. The van der Waals surface area contributed by atoms with Gasteiger partial charge in [0.1, 0.15) is 12.4 Å². The van der Waals surface area contributed by atoms with E-state index in [1.165, 1.54) is 0 Å². The highest BCUT2D eigenvalue weighted by molar-refractivity contribution is 6.30. The minimum Gasteiger partial charge on any atom is -0.491 e. The third-order valence-corrected chi connectivity index (χ3v) is 2.14. The van der Waals surface area contributed by atoms with Crippen molar-refractivity contribution in [2.24, 2.45) is 0 Å². The Bertz CT molecular complexity index is 299. The fraction of sp³-hybridized carbons (Fsp3) is 0.333. The van der Waals surface area contributed by atoms with Gasteiger partial charge in [0.15, 0.2) is 0 Å². The maximum Gasteiger partial charge on any atom is 0.122 e. The van der Waals surface area contributed by atoms with E-state index >= 15 is 0 Å². The molecule has 0 bridgehead atoms. The highest BCUT2D eigenvalue weighted by atomic mass is 35.5. The van der Waals surface area contributed by atoms with Crippen LogP contribution in [-0.4, -0.2) is 17.8 Å². The molecule has 0 fully saturated rings. The highest BCUT2D eigenvalue weighted by Crippen LogP contribution is 2.27. The van der Waals surface area contributed by atoms with Crippen LogP contribution in [0.2, 0.25) is 5.02 Å². The first kappa shape index (κ1) is 7.90. The maximum absolute atomic E-state index is 9.28. The van der Waals surface area contributed by atoms with Crippen LogP contribution in [-0.2, 0) is 6.42 Å². The molecular weight excluding hydrogens is 176 g/mol. The van der Waals surface area contributed by atoms with E-state index in [0.717, 1.165) is 11.3 Å². The molecular formula is C9H9ClO2. The lowest BCUT2D eigenvalue weighted by Gasteiger charge is -2.21. The van der Waals surface area contributed by atoms with E-state index in [9.17, 15) is 5.11 Å². The van der Waals surface area contributed by atoms with E-state index in [4.69, 9.17) is 16.3 Å². The summed E-state index contributed by atoms with van der Waals surface area (Å²) in [5, 5.41) is 9.97. The van der Waals surface area contributed by atoms with E-state index in [-0.39, 0.29) is 0 Å². The minimum atomic E-state index is -0.393. The molecule has 0 saturated heterocycles. The van der Waals surface area contributed by atoms with Crippen LogP contribution in [0.3, 0.4) is 0 Å². The molecule has 12 heavy (non-hydrogen) atoms. The van der Waals surface area contributed by atoms with Gasteiger partial charge in [0.2, 0.25) is 0 Å². The lowest BCUT2D eigenvalue weighted by atomic mass is 10.1. The van der Waals surface area contributed by atoms with Crippen LogP contribution < -0.4 is 4.74 Å². The summed E-state index contributed by atoms with van der Waals surface area (Å²) in [6.07, 6.45) is 0.242. The number of aliphatic hydroxyl groups is 1. The van der Waals surface area contributed by atoms with Crippen LogP contribution in [0.25, 0.3) is 0 Å². The van der Waals surface area contributed by atoms with Crippen molar-refractivity contribution in [3.05, 3.63) is 28.8 Å². The number of hydrogen-bond donors (Lipinski definition) is 1. The average molecular weight is 185 g/mol. The van der Waals surface area contributed by atoms with Crippen LogP contribution in [0.5, 0.6) is 5.75 Å². The average Bonchev–Trinajstić information content (AvgIpc) is 2.03. The number of aliphatic hydroxyl groups excluding tert-OH is 1. The van der Waals surface area contributed by atoms with Crippen molar-refractivity contribution in [3.8, 4) is 5.75 Å². The quantitative estimate of drug-likeness (QED) is 0.664. The molecule has 1 aliphatic rings. The molecule has 2 rings (SSSR count). The fourth-order valence-corrected chi connectivity index (χ4v) is 1.54. The van der Waals surface area contributed by atoms with E-state index in [1.807, 2.05) is 12.1 Å². The lowest BCUT2D eigenvalue weighted by Crippen LogP contribution is -2.25. The molecule has 1 atom stereocenters.